The molecule has 4 heteroatoms. The number of para-hydroxylation sites is 2. The predicted molar refractivity (Wildman–Crippen MR) is 100 cm³/mol. The number of nitrogens with one attached hydrogen (secondary N) is 1. The van der Waals surface area contributed by atoms with E-state index in [0.29, 0.717) is 5.56 Å². The second-order valence-corrected chi connectivity index (χ2v) is 6.14. The molecule has 3 aromatic rings. The van der Waals surface area contributed by atoms with E-state index in [0.717, 1.165) is 36.4 Å². The van der Waals surface area contributed by atoms with Gasteiger partial charge >= 0.3 is 0 Å². The molecule has 0 saturated carbocycles. The number of anilines is 3. The van der Waals surface area contributed by atoms with Gasteiger partial charge in [0.1, 0.15) is 0 Å². The average Bonchev–Trinajstić information content (AvgIpc) is 2.68. The SMILES string of the molecule is O=C(c1cncc(Nc2ccccc2)c1)N1CCCc2ccccc21. The van der Waals surface area contributed by atoms with Gasteiger partial charge in [-0.1, -0.05) is 36.4 Å². The quantitative estimate of drug-likeness (QED) is 0.774. The molecule has 25 heavy (non-hydrogen) atoms. The van der Waals surface area contributed by atoms with Crippen LogP contribution in [0.25, 0.3) is 0 Å². The first-order chi connectivity index (χ1) is 12.3. The highest BCUT2D eigenvalue weighted by Gasteiger charge is 2.23. The van der Waals surface area contributed by atoms with E-state index in [9.17, 15) is 4.79 Å². The van der Waals surface area contributed by atoms with Crippen molar-refractivity contribution in [2.75, 3.05) is 16.8 Å². The van der Waals surface area contributed by atoms with Crippen LogP contribution in [0.4, 0.5) is 17.1 Å². The lowest BCUT2D eigenvalue weighted by molar-refractivity contribution is 0.0985. The summed E-state index contributed by atoms with van der Waals surface area (Å²) in [6.07, 6.45) is 5.37. The lowest BCUT2D eigenvalue weighted by Crippen LogP contribution is -2.35. The molecule has 1 N–H and O–H groups in total. The molecule has 0 fully saturated rings. The predicted octanol–water partition coefficient (Wildman–Crippen LogP) is 4.42. The monoisotopic (exact) mass is 329 g/mol. The number of carbonyl (C=O) groups excluding carboxylic acids is 1. The first-order valence-electron chi connectivity index (χ1n) is 8.48. The number of pyridine rings is 1. The van der Waals surface area contributed by atoms with E-state index in [1.54, 1.807) is 12.4 Å². The van der Waals surface area contributed by atoms with Crippen LogP contribution in [-0.4, -0.2) is 17.4 Å². The Morgan fingerprint density at radius 3 is 2.64 bits per heavy atom. The highest BCUT2D eigenvalue weighted by atomic mass is 16.2. The highest BCUT2D eigenvalue weighted by molar-refractivity contribution is 6.07. The number of benzene rings is 2. The molecule has 1 aromatic heterocycles. The number of amides is 1. The number of fused-ring (bicyclic) bond motifs is 1. The summed E-state index contributed by atoms with van der Waals surface area (Å²) in [7, 11) is 0. The van der Waals surface area contributed by atoms with E-state index >= 15 is 0 Å². The molecule has 0 atom stereocenters. The van der Waals surface area contributed by atoms with Crippen LogP contribution < -0.4 is 10.2 Å². The Balaban J connectivity index is 1.60. The van der Waals surface area contributed by atoms with Crippen molar-refractivity contribution < 1.29 is 4.79 Å². The summed E-state index contributed by atoms with van der Waals surface area (Å²) >= 11 is 0. The third kappa shape index (κ3) is 3.24. The van der Waals surface area contributed by atoms with E-state index < -0.39 is 0 Å². The van der Waals surface area contributed by atoms with Gasteiger partial charge in [0.05, 0.1) is 17.4 Å². The molecule has 124 valence electrons. The molecule has 0 bridgehead atoms. The van der Waals surface area contributed by atoms with Gasteiger partial charge in [0, 0.05) is 24.1 Å². The lowest BCUT2D eigenvalue weighted by Gasteiger charge is -2.29. The Morgan fingerprint density at radius 1 is 0.960 bits per heavy atom. The molecular formula is C21H19N3O. The Kier molecular flexibility index (Phi) is 4.17. The van der Waals surface area contributed by atoms with Gasteiger partial charge in [0.2, 0.25) is 0 Å². The van der Waals surface area contributed by atoms with Crippen molar-refractivity contribution in [1.82, 2.24) is 4.98 Å². The molecule has 0 saturated heterocycles. The Morgan fingerprint density at radius 2 is 1.76 bits per heavy atom. The van der Waals surface area contributed by atoms with Gasteiger partial charge in [-0.25, -0.2) is 0 Å². The summed E-state index contributed by atoms with van der Waals surface area (Å²) in [5.41, 5.74) is 4.62. The number of hydrogen-bond acceptors (Lipinski definition) is 3. The van der Waals surface area contributed by atoms with Gasteiger partial charge in [-0.05, 0) is 42.7 Å². The largest absolute Gasteiger partial charge is 0.354 e. The van der Waals surface area contributed by atoms with Crippen molar-refractivity contribution >= 4 is 23.0 Å². The van der Waals surface area contributed by atoms with E-state index in [-0.39, 0.29) is 5.91 Å². The minimum atomic E-state index is -0.00337. The molecule has 4 rings (SSSR count). The molecule has 0 aliphatic carbocycles. The number of hydrogen-bond donors (Lipinski definition) is 1. The van der Waals surface area contributed by atoms with Crippen LogP contribution >= 0.6 is 0 Å². The van der Waals surface area contributed by atoms with Crippen LogP contribution in [0.5, 0.6) is 0 Å². The fourth-order valence-corrected chi connectivity index (χ4v) is 3.21. The maximum atomic E-state index is 13.0. The summed E-state index contributed by atoms with van der Waals surface area (Å²) in [6.45, 7) is 0.742. The second kappa shape index (κ2) is 6.77. The van der Waals surface area contributed by atoms with E-state index in [1.165, 1.54) is 5.56 Å². The minimum Gasteiger partial charge on any atom is -0.354 e. The highest BCUT2D eigenvalue weighted by Crippen LogP contribution is 2.28. The van der Waals surface area contributed by atoms with Crippen molar-refractivity contribution in [3.63, 3.8) is 0 Å². The second-order valence-electron chi connectivity index (χ2n) is 6.14. The molecule has 1 aliphatic rings. The van der Waals surface area contributed by atoms with Crippen LogP contribution in [-0.2, 0) is 6.42 Å². The van der Waals surface area contributed by atoms with Crippen molar-refractivity contribution in [1.29, 1.82) is 0 Å². The van der Waals surface area contributed by atoms with Gasteiger partial charge in [-0.2, -0.15) is 0 Å². The van der Waals surface area contributed by atoms with Gasteiger partial charge < -0.3 is 10.2 Å². The topological polar surface area (TPSA) is 45.2 Å². The number of rotatable bonds is 3. The lowest BCUT2D eigenvalue weighted by atomic mass is 10.0. The van der Waals surface area contributed by atoms with Crippen molar-refractivity contribution in [2.24, 2.45) is 0 Å². The van der Waals surface area contributed by atoms with E-state index in [4.69, 9.17) is 0 Å². The molecule has 2 aromatic carbocycles. The Hall–Kier alpha value is -3.14. The summed E-state index contributed by atoms with van der Waals surface area (Å²) in [5.74, 6) is -0.00337. The zero-order valence-corrected chi connectivity index (χ0v) is 13.9. The summed E-state index contributed by atoms with van der Waals surface area (Å²) in [4.78, 5) is 19.1. The first-order valence-corrected chi connectivity index (χ1v) is 8.48. The number of carbonyl (C=O) groups is 1. The molecule has 1 amide bonds. The van der Waals surface area contributed by atoms with Gasteiger partial charge in [-0.15, -0.1) is 0 Å². The van der Waals surface area contributed by atoms with E-state index in [1.807, 2.05) is 59.5 Å². The zero-order chi connectivity index (χ0) is 17.1. The van der Waals surface area contributed by atoms with Gasteiger partial charge in [-0.3, -0.25) is 9.78 Å². The molecule has 4 nitrogen and oxygen atoms in total. The third-order valence-electron chi connectivity index (χ3n) is 4.40. The summed E-state index contributed by atoms with van der Waals surface area (Å²) in [5, 5.41) is 3.29. The van der Waals surface area contributed by atoms with Crippen molar-refractivity contribution in [3.8, 4) is 0 Å². The maximum absolute atomic E-state index is 13.0. The van der Waals surface area contributed by atoms with Gasteiger partial charge in [0.15, 0.2) is 0 Å². The maximum Gasteiger partial charge on any atom is 0.259 e. The van der Waals surface area contributed by atoms with Gasteiger partial charge in [0.25, 0.3) is 5.91 Å². The Labute approximate surface area is 147 Å². The molecule has 2 heterocycles. The fraction of sp³-hybridized carbons (Fsp3) is 0.143. The van der Waals surface area contributed by atoms with Crippen LogP contribution in [0.15, 0.2) is 73.1 Å². The van der Waals surface area contributed by atoms with Crippen LogP contribution in [0, 0.1) is 0 Å². The average molecular weight is 329 g/mol. The normalized spacial score (nSPS) is 13.2. The molecule has 1 aliphatic heterocycles. The number of nitrogens with zero attached hydrogens (tertiary/aromatic N) is 2. The van der Waals surface area contributed by atoms with Crippen molar-refractivity contribution in [3.05, 3.63) is 84.2 Å². The number of aromatic nitrogens is 1. The summed E-state index contributed by atoms with van der Waals surface area (Å²) in [6, 6.07) is 19.9. The standard InChI is InChI=1S/C21H19N3O/c25-21(24-12-6-8-16-7-4-5-11-20(16)24)17-13-19(15-22-14-17)23-18-9-2-1-3-10-18/h1-5,7,9-11,13-15,23H,6,8,12H2. The zero-order valence-electron chi connectivity index (χ0n) is 13.9. The number of aryl methyl sites for hydroxylation is 1. The third-order valence-corrected chi connectivity index (χ3v) is 4.40. The molecular weight excluding hydrogens is 310 g/mol. The molecule has 0 spiro atoms. The van der Waals surface area contributed by atoms with Crippen LogP contribution in [0.3, 0.4) is 0 Å². The Bertz CT molecular complexity index is 892. The van der Waals surface area contributed by atoms with Crippen LogP contribution in [0.1, 0.15) is 22.3 Å². The minimum absolute atomic E-state index is 0.00337. The molecule has 0 unspecified atom stereocenters. The fourth-order valence-electron chi connectivity index (χ4n) is 3.21. The summed E-state index contributed by atoms with van der Waals surface area (Å²) < 4.78 is 0. The molecule has 0 radical (unpaired) electrons. The smallest absolute Gasteiger partial charge is 0.259 e. The van der Waals surface area contributed by atoms with Crippen molar-refractivity contribution in [2.45, 2.75) is 12.8 Å². The van der Waals surface area contributed by atoms with E-state index in [2.05, 4.69) is 16.4 Å². The van der Waals surface area contributed by atoms with Crippen LogP contribution in [0.2, 0.25) is 0 Å². The first kappa shape index (κ1) is 15.4.